The molecule has 0 radical (unpaired) electrons. The Bertz CT molecular complexity index is 2900. The number of fused-ring (bicyclic) bond motifs is 6. The minimum absolute atomic E-state index is 0.487. The van der Waals surface area contributed by atoms with Gasteiger partial charge in [0.25, 0.3) is 0 Å². The van der Waals surface area contributed by atoms with Crippen molar-refractivity contribution in [2.75, 3.05) is 0 Å². The van der Waals surface area contributed by atoms with Crippen molar-refractivity contribution < 1.29 is 2.74 Å². The van der Waals surface area contributed by atoms with Crippen LogP contribution in [-0.2, 0) is 0 Å². The van der Waals surface area contributed by atoms with Crippen molar-refractivity contribution in [3.8, 4) is 44.8 Å². The van der Waals surface area contributed by atoms with Crippen molar-refractivity contribution in [1.29, 1.82) is 0 Å². The predicted molar refractivity (Wildman–Crippen MR) is 211 cm³/mol. The minimum Gasteiger partial charge on any atom is -0.309 e. The number of hydrogen-bond donors (Lipinski definition) is 0. The van der Waals surface area contributed by atoms with Gasteiger partial charge in [-0.05, 0) is 100 Å². The van der Waals surface area contributed by atoms with E-state index in [0.717, 1.165) is 77.2 Å². The fraction of sp³-hybridized carbons (Fsp3) is 0. The molecule has 0 spiro atoms. The summed E-state index contributed by atoms with van der Waals surface area (Å²) in [6.07, 6.45) is 0. The van der Waals surface area contributed by atoms with Gasteiger partial charge in [-0.3, -0.25) is 0 Å². The summed E-state index contributed by atoms with van der Waals surface area (Å²) < 4.78 is 21.7. The van der Waals surface area contributed by atoms with Crippen LogP contribution in [0.25, 0.3) is 88.4 Å². The van der Waals surface area contributed by atoms with Gasteiger partial charge < -0.3 is 9.13 Å². The normalized spacial score (nSPS) is 12.2. The molecule has 0 atom stereocenters. The molecule has 2 nitrogen and oxygen atoms in total. The van der Waals surface area contributed by atoms with Crippen LogP contribution in [0.1, 0.15) is 2.74 Å². The van der Waals surface area contributed by atoms with E-state index in [-0.39, 0.29) is 0 Å². The first-order chi connectivity index (χ1) is 25.6. The SMILES string of the molecule is [2H]c1ccc2c(c1)c1cc(-c3ccc4c(c3)c3cc([2H])ccc3n4-c3cc(-c4ccccc4)cc(-c4ccccc4)c3)ccc1n2-c1ccccc1. The molecule has 0 aliphatic rings. The van der Waals surface area contributed by atoms with Crippen LogP contribution >= 0.6 is 0 Å². The average Bonchev–Trinajstić information content (AvgIpc) is 3.70. The van der Waals surface area contributed by atoms with E-state index in [4.69, 9.17) is 2.74 Å². The van der Waals surface area contributed by atoms with Gasteiger partial charge in [0.15, 0.2) is 0 Å². The highest BCUT2D eigenvalue weighted by Crippen LogP contribution is 2.39. The summed E-state index contributed by atoms with van der Waals surface area (Å²) in [5.41, 5.74) is 13.4. The van der Waals surface area contributed by atoms with Gasteiger partial charge in [-0.25, -0.2) is 0 Å². The van der Waals surface area contributed by atoms with E-state index in [1.165, 1.54) is 11.1 Å². The highest BCUT2D eigenvalue weighted by atomic mass is 15.0. The van der Waals surface area contributed by atoms with E-state index < -0.39 is 0 Å². The molecule has 2 aromatic heterocycles. The van der Waals surface area contributed by atoms with Crippen molar-refractivity contribution in [1.82, 2.24) is 9.13 Å². The van der Waals surface area contributed by atoms with Crippen molar-refractivity contribution >= 4 is 43.6 Å². The molecule has 0 bridgehead atoms. The molecule has 2 heterocycles. The lowest BCUT2D eigenvalue weighted by Crippen LogP contribution is -1.96. The number of benzene rings is 8. The number of nitrogens with zero attached hydrogens (tertiary/aromatic N) is 2. The number of hydrogen-bond acceptors (Lipinski definition) is 0. The highest BCUT2D eigenvalue weighted by molar-refractivity contribution is 6.12. The summed E-state index contributed by atoms with van der Waals surface area (Å²) >= 11 is 0. The first-order valence-corrected chi connectivity index (χ1v) is 17.0. The molecule has 0 aliphatic carbocycles. The summed E-state index contributed by atoms with van der Waals surface area (Å²) in [4.78, 5) is 0. The Morgan fingerprint density at radius 1 is 0.280 bits per heavy atom. The molecule has 234 valence electrons. The summed E-state index contributed by atoms with van der Waals surface area (Å²) in [6.45, 7) is 0. The van der Waals surface area contributed by atoms with Gasteiger partial charge in [-0.15, -0.1) is 0 Å². The fourth-order valence-corrected chi connectivity index (χ4v) is 7.65. The van der Waals surface area contributed by atoms with Crippen LogP contribution < -0.4 is 0 Å². The number of rotatable bonds is 5. The zero-order valence-electron chi connectivity index (χ0n) is 29.2. The van der Waals surface area contributed by atoms with Gasteiger partial charge in [-0.1, -0.05) is 127 Å². The second-order valence-corrected chi connectivity index (χ2v) is 12.9. The van der Waals surface area contributed by atoms with Gasteiger partial charge in [0, 0.05) is 32.9 Å². The molecule has 0 saturated carbocycles. The lowest BCUT2D eigenvalue weighted by Gasteiger charge is -2.14. The lowest BCUT2D eigenvalue weighted by atomic mass is 9.98. The predicted octanol–water partition coefficient (Wildman–Crippen LogP) is 12.9. The maximum absolute atomic E-state index is 8.61. The summed E-state index contributed by atoms with van der Waals surface area (Å²) in [5.74, 6) is 0. The van der Waals surface area contributed by atoms with Crippen molar-refractivity contribution in [2.45, 2.75) is 0 Å². The largest absolute Gasteiger partial charge is 0.309 e. The Kier molecular flexibility index (Phi) is 6.06. The fourth-order valence-electron chi connectivity index (χ4n) is 7.65. The van der Waals surface area contributed by atoms with Crippen LogP contribution in [0.2, 0.25) is 0 Å². The average molecular weight is 639 g/mol. The molecule has 50 heavy (non-hydrogen) atoms. The summed E-state index contributed by atoms with van der Waals surface area (Å²) in [7, 11) is 0. The van der Waals surface area contributed by atoms with Gasteiger partial charge in [0.1, 0.15) is 0 Å². The second-order valence-electron chi connectivity index (χ2n) is 12.9. The van der Waals surface area contributed by atoms with Crippen LogP contribution in [-0.4, -0.2) is 9.13 Å². The van der Waals surface area contributed by atoms with E-state index in [1.807, 2.05) is 30.3 Å². The Morgan fingerprint density at radius 2 is 0.720 bits per heavy atom. The number of para-hydroxylation sites is 3. The molecule has 8 aromatic carbocycles. The molecular formula is C48H32N2. The number of aromatic nitrogens is 2. The van der Waals surface area contributed by atoms with Gasteiger partial charge in [0.05, 0.1) is 24.8 Å². The minimum atomic E-state index is 0.487. The molecule has 0 fully saturated rings. The molecule has 0 saturated heterocycles. The van der Waals surface area contributed by atoms with Crippen LogP contribution in [0.15, 0.2) is 194 Å². The Morgan fingerprint density at radius 3 is 1.22 bits per heavy atom. The van der Waals surface area contributed by atoms with Crippen molar-refractivity contribution in [2.24, 2.45) is 0 Å². The highest BCUT2D eigenvalue weighted by Gasteiger charge is 2.17. The Balaban J connectivity index is 1.19. The molecule has 2 heteroatoms. The first kappa shape index (κ1) is 26.3. The summed E-state index contributed by atoms with van der Waals surface area (Å²) in [5, 5.41) is 4.34. The zero-order chi connectivity index (χ0) is 34.8. The third kappa shape index (κ3) is 4.57. The Labute approximate surface area is 293 Å². The lowest BCUT2D eigenvalue weighted by molar-refractivity contribution is 1.18. The molecule has 0 amide bonds. The zero-order valence-corrected chi connectivity index (χ0v) is 27.2. The van der Waals surface area contributed by atoms with Gasteiger partial charge >= 0.3 is 0 Å². The maximum Gasteiger partial charge on any atom is 0.0623 e. The molecule has 0 N–H and O–H groups in total. The third-order valence-corrected chi connectivity index (χ3v) is 9.96. The maximum atomic E-state index is 8.61. The third-order valence-electron chi connectivity index (χ3n) is 9.96. The smallest absolute Gasteiger partial charge is 0.0623 e. The standard InChI is InChI=1S/C48H32N2/c1-4-14-33(15-5-1)37-28-38(34-16-6-2-7-17-34)30-40(29-37)50-46-23-13-11-21-42(46)44-32-36(25-27-48(44)50)35-24-26-47-43(31-35)41-20-10-12-22-45(41)49(47)39-18-8-3-9-19-39/h1-32H/i10D,11D. The monoisotopic (exact) mass is 638 g/mol. The van der Waals surface area contributed by atoms with Crippen LogP contribution in [0.4, 0.5) is 0 Å². The molecule has 0 unspecified atom stereocenters. The first-order valence-electron chi connectivity index (χ1n) is 18.0. The second kappa shape index (κ2) is 11.5. The van der Waals surface area contributed by atoms with Gasteiger partial charge in [0.2, 0.25) is 0 Å². The van der Waals surface area contributed by atoms with Crippen LogP contribution in [0.3, 0.4) is 0 Å². The molecule has 10 rings (SSSR count). The van der Waals surface area contributed by atoms with E-state index >= 15 is 0 Å². The van der Waals surface area contributed by atoms with E-state index in [1.54, 1.807) is 0 Å². The van der Waals surface area contributed by atoms with Crippen LogP contribution in [0, 0.1) is 0 Å². The molecule has 10 aromatic rings. The van der Waals surface area contributed by atoms with Crippen LogP contribution in [0.5, 0.6) is 0 Å². The summed E-state index contributed by atoms with van der Waals surface area (Å²) in [6, 6.07) is 64.6. The van der Waals surface area contributed by atoms with E-state index in [0.29, 0.717) is 12.1 Å². The topological polar surface area (TPSA) is 9.86 Å². The molecular weight excluding hydrogens is 605 g/mol. The van der Waals surface area contributed by atoms with Crippen molar-refractivity contribution in [3.05, 3.63) is 194 Å². The van der Waals surface area contributed by atoms with Gasteiger partial charge in [-0.2, -0.15) is 0 Å². The van der Waals surface area contributed by atoms with E-state index in [9.17, 15) is 0 Å². The van der Waals surface area contributed by atoms with Crippen molar-refractivity contribution in [3.63, 3.8) is 0 Å². The quantitative estimate of drug-likeness (QED) is 0.178. The molecule has 0 aliphatic heterocycles. The Hall–Kier alpha value is -6.64. The van der Waals surface area contributed by atoms with E-state index in [2.05, 4.69) is 161 Å².